The number of nitrogens with one attached hydrogen (secondary N) is 1. The molecular weight excluding hydrogens is 370 g/mol. The molecule has 1 fully saturated rings. The van der Waals surface area contributed by atoms with Crippen LogP contribution in [0.25, 0.3) is 0 Å². The fourth-order valence-corrected chi connectivity index (χ4v) is 4.83. The van der Waals surface area contributed by atoms with Crippen LogP contribution in [-0.2, 0) is 0 Å². The van der Waals surface area contributed by atoms with Gasteiger partial charge in [-0.3, -0.25) is 9.69 Å². The number of hydrogen-bond acceptors (Lipinski definition) is 5. The Hall–Kier alpha value is -2.57. The molecule has 1 aromatic carbocycles. The van der Waals surface area contributed by atoms with Crippen molar-refractivity contribution in [2.45, 2.75) is 19.0 Å². The molecule has 5 nitrogen and oxygen atoms in total. The van der Waals surface area contributed by atoms with Gasteiger partial charge in [0.1, 0.15) is 0 Å². The smallest absolute Gasteiger partial charge is 0.287 e. The predicted octanol–water partition coefficient (Wildman–Crippen LogP) is 4.02. The Morgan fingerprint density at radius 2 is 1.82 bits per heavy atom. The summed E-state index contributed by atoms with van der Waals surface area (Å²) in [5.41, 5.74) is 1.27. The van der Waals surface area contributed by atoms with E-state index < -0.39 is 0 Å². The fraction of sp³-hybridized carbons (Fsp3) is 0.318. The van der Waals surface area contributed by atoms with Gasteiger partial charge < -0.3 is 14.6 Å². The van der Waals surface area contributed by atoms with Gasteiger partial charge in [0, 0.05) is 42.8 Å². The molecule has 0 spiro atoms. The van der Waals surface area contributed by atoms with Crippen molar-refractivity contribution < 1.29 is 9.21 Å². The summed E-state index contributed by atoms with van der Waals surface area (Å²) in [6.45, 7) is 5.95. The highest BCUT2D eigenvalue weighted by molar-refractivity contribution is 7.10. The minimum Gasteiger partial charge on any atom is -0.459 e. The Morgan fingerprint density at radius 1 is 1.04 bits per heavy atom. The minimum atomic E-state index is -0.165. The van der Waals surface area contributed by atoms with Crippen molar-refractivity contribution in [3.63, 3.8) is 0 Å². The third-order valence-electron chi connectivity index (χ3n) is 5.24. The maximum Gasteiger partial charge on any atom is 0.287 e. The molecule has 1 N–H and O–H groups in total. The SMILES string of the molecule is C[C@H](NC(=O)c1ccco1)[C@H](c1cccs1)N1CCN(c2ccccc2)CC1. The van der Waals surface area contributed by atoms with Crippen molar-refractivity contribution in [1.29, 1.82) is 0 Å². The van der Waals surface area contributed by atoms with Crippen molar-refractivity contribution >= 4 is 22.9 Å². The average molecular weight is 396 g/mol. The number of benzene rings is 1. The van der Waals surface area contributed by atoms with Gasteiger partial charge in [-0.15, -0.1) is 11.3 Å². The zero-order chi connectivity index (χ0) is 19.3. The Bertz CT molecular complexity index is 857. The van der Waals surface area contributed by atoms with E-state index in [9.17, 15) is 4.79 Å². The lowest BCUT2D eigenvalue weighted by molar-refractivity contribution is 0.0863. The molecule has 28 heavy (non-hydrogen) atoms. The molecule has 1 aliphatic rings. The van der Waals surface area contributed by atoms with Crippen LogP contribution in [0.4, 0.5) is 5.69 Å². The molecule has 1 amide bonds. The van der Waals surface area contributed by atoms with E-state index in [2.05, 4.69) is 69.9 Å². The summed E-state index contributed by atoms with van der Waals surface area (Å²) in [6.07, 6.45) is 1.53. The largest absolute Gasteiger partial charge is 0.459 e. The second-order valence-electron chi connectivity index (χ2n) is 7.06. The molecule has 0 unspecified atom stereocenters. The first-order valence-corrected chi connectivity index (χ1v) is 10.5. The highest BCUT2D eigenvalue weighted by Gasteiger charge is 2.31. The lowest BCUT2D eigenvalue weighted by atomic mass is 10.0. The third kappa shape index (κ3) is 4.13. The second kappa shape index (κ2) is 8.63. The summed E-state index contributed by atoms with van der Waals surface area (Å²) in [7, 11) is 0. The summed E-state index contributed by atoms with van der Waals surface area (Å²) in [6, 6.07) is 18.3. The van der Waals surface area contributed by atoms with Gasteiger partial charge in [-0.2, -0.15) is 0 Å². The topological polar surface area (TPSA) is 48.7 Å². The first-order chi connectivity index (χ1) is 13.7. The van der Waals surface area contributed by atoms with Gasteiger partial charge in [-0.05, 0) is 42.6 Å². The van der Waals surface area contributed by atoms with Gasteiger partial charge in [-0.25, -0.2) is 0 Å². The maximum absolute atomic E-state index is 12.5. The van der Waals surface area contributed by atoms with Crippen molar-refractivity contribution in [2.75, 3.05) is 31.1 Å². The van der Waals surface area contributed by atoms with Gasteiger partial charge in [-0.1, -0.05) is 24.3 Å². The average Bonchev–Trinajstić information content (AvgIpc) is 3.44. The monoisotopic (exact) mass is 395 g/mol. The molecule has 0 radical (unpaired) electrons. The van der Waals surface area contributed by atoms with E-state index in [1.54, 1.807) is 23.5 Å². The van der Waals surface area contributed by atoms with Crippen LogP contribution in [0.1, 0.15) is 28.4 Å². The summed E-state index contributed by atoms with van der Waals surface area (Å²) < 4.78 is 5.25. The number of piperazine rings is 1. The van der Waals surface area contributed by atoms with Crippen molar-refractivity contribution in [2.24, 2.45) is 0 Å². The van der Waals surface area contributed by atoms with Gasteiger partial charge in [0.05, 0.1) is 12.3 Å². The van der Waals surface area contributed by atoms with Crippen LogP contribution in [0.3, 0.4) is 0 Å². The lowest BCUT2D eigenvalue weighted by Crippen LogP contribution is -2.52. The number of furan rings is 1. The van der Waals surface area contributed by atoms with Crippen LogP contribution in [0.15, 0.2) is 70.7 Å². The first kappa shape index (κ1) is 18.8. The second-order valence-corrected chi connectivity index (χ2v) is 8.04. The molecule has 0 bridgehead atoms. The van der Waals surface area contributed by atoms with E-state index in [4.69, 9.17) is 4.42 Å². The maximum atomic E-state index is 12.5. The molecule has 2 aromatic heterocycles. The molecule has 1 aliphatic heterocycles. The molecule has 146 valence electrons. The van der Waals surface area contributed by atoms with Gasteiger partial charge in [0.25, 0.3) is 5.91 Å². The van der Waals surface area contributed by atoms with Gasteiger partial charge in [0.15, 0.2) is 5.76 Å². The summed E-state index contributed by atoms with van der Waals surface area (Å²) >= 11 is 1.74. The van der Waals surface area contributed by atoms with E-state index in [1.165, 1.54) is 16.8 Å². The molecule has 3 heterocycles. The Labute approximate surface area is 169 Å². The van der Waals surface area contributed by atoms with Crippen molar-refractivity contribution in [3.05, 3.63) is 76.9 Å². The third-order valence-corrected chi connectivity index (χ3v) is 6.18. The summed E-state index contributed by atoms with van der Waals surface area (Å²) in [5, 5.41) is 5.23. The molecule has 0 saturated carbocycles. The molecule has 4 rings (SSSR count). The van der Waals surface area contributed by atoms with E-state index >= 15 is 0 Å². The Kier molecular flexibility index (Phi) is 5.78. The summed E-state index contributed by atoms with van der Waals surface area (Å²) in [5.74, 6) is 0.188. The van der Waals surface area contributed by atoms with Crippen LogP contribution in [0.5, 0.6) is 0 Å². The number of carbonyl (C=O) groups excluding carboxylic acids is 1. The number of amides is 1. The number of anilines is 1. The summed E-state index contributed by atoms with van der Waals surface area (Å²) in [4.78, 5) is 18.7. The molecular formula is C22H25N3O2S. The van der Waals surface area contributed by atoms with Crippen molar-refractivity contribution in [3.8, 4) is 0 Å². The molecule has 2 atom stereocenters. The van der Waals surface area contributed by atoms with Crippen molar-refractivity contribution in [1.82, 2.24) is 10.2 Å². The number of nitrogens with zero attached hydrogens (tertiary/aromatic N) is 2. The quantitative estimate of drug-likeness (QED) is 0.685. The predicted molar refractivity (Wildman–Crippen MR) is 113 cm³/mol. The van der Waals surface area contributed by atoms with Crippen LogP contribution in [0.2, 0.25) is 0 Å². The molecule has 1 saturated heterocycles. The number of rotatable bonds is 6. The van der Waals surface area contributed by atoms with Gasteiger partial charge >= 0.3 is 0 Å². The van der Waals surface area contributed by atoms with Crippen LogP contribution >= 0.6 is 11.3 Å². The number of hydrogen-bond donors (Lipinski definition) is 1. The van der Waals surface area contributed by atoms with Crippen LogP contribution < -0.4 is 10.2 Å². The standard InChI is InChI=1S/C22H25N3O2S/c1-17(23-22(26)19-9-5-15-27-19)21(20-10-6-16-28-20)25-13-11-24(12-14-25)18-7-3-2-4-8-18/h2-10,15-17,21H,11-14H2,1H3,(H,23,26)/t17-,21+/m0/s1. The zero-order valence-electron chi connectivity index (χ0n) is 16.0. The lowest BCUT2D eigenvalue weighted by Gasteiger charge is -2.42. The Balaban J connectivity index is 1.46. The number of carbonyl (C=O) groups is 1. The van der Waals surface area contributed by atoms with E-state index in [-0.39, 0.29) is 18.0 Å². The highest BCUT2D eigenvalue weighted by Crippen LogP contribution is 2.30. The number of thiophene rings is 1. The van der Waals surface area contributed by atoms with E-state index in [0.29, 0.717) is 5.76 Å². The number of para-hydroxylation sites is 1. The van der Waals surface area contributed by atoms with E-state index in [0.717, 1.165) is 26.2 Å². The first-order valence-electron chi connectivity index (χ1n) is 9.64. The molecule has 3 aromatic rings. The molecule has 0 aliphatic carbocycles. The molecule has 6 heteroatoms. The van der Waals surface area contributed by atoms with Gasteiger partial charge in [0.2, 0.25) is 0 Å². The minimum absolute atomic E-state index is 0.0282. The van der Waals surface area contributed by atoms with Crippen LogP contribution in [-0.4, -0.2) is 43.0 Å². The van der Waals surface area contributed by atoms with E-state index in [1.807, 2.05) is 0 Å². The zero-order valence-corrected chi connectivity index (χ0v) is 16.8. The fourth-order valence-electron chi connectivity index (χ4n) is 3.86. The van der Waals surface area contributed by atoms with Crippen LogP contribution in [0, 0.1) is 0 Å². The Morgan fingerprint density at radius 3 is 2.46 bits per heavy atom. The normalized spacial score (nSPS) is 17.2. The highest BCUT2D eigenvalue weighted by atomic mass is 32.1.